The van der Waals surface area contributed by atoms with Gasteiger partial charge in [-0.25, -0.2) is 0 Å². The van der Waals surface area contributed by atoms with E-state index in [1.54, 1.807) is 48.6 Å². The fourth-order valence-corrected chi connectivity index (χ4v) is 7.10. The van der Waals surface area contributed by atoms with Crippen molar-refractivity contribution in [3.8, 4) is 34.5 Å². The summed E-state index contributed by atoms with van der Waals surface area (Å²) in [6, 6.07) is 20.1. The van der Waals surface area contributed by atoms with Gasteiger partial charge in [0.15, 0.2) is 0 Å². The van der Waals surface area contributed by atoms with Gasteiger partial charge in [-0.2, -0.15) is 0 Å². The second-order valence-electron chi connectivity index (χ2n) is 13.8. The first-order valence-electron chi connectivity index (χ1n) is 17.7. The second kappa shape index (κ2) is 16.2. The zero-order valence-corrected chi connectivity index (χ0v) is 29.5. The zero-order chi connectivity index (χ0) is 39.8. The molecule has 3 aliphatic rings. The van der Waals surface area contributed by atoms with Gasteiger partial charge in [0.2, 0.25) is 12.6 Å². The SMILES string of the molecule is OC[C@H]1O[C@@H](Oc2cc(O[C@@H]3O[C@H](CO)[C@@H](O)[C@H](O)[C@H]3O)cc([C@@H]3c4c(C=Cc5ccc(O)cc5)cc(O)cc4O[C@H]3c3ccc(O)cc3)c2)[C@H](O)[C@@H](O)[C@@H]1O. The second-order valence-corrected chi connectivity index (χ2v) is 13.8. The lowest BCUT2D eigenvalue weighted by molar-refractivity contribution is -0.278. The summed E-state index contributed by atoms with van der Waals surface area (Å²) < 4.78 is 29.8. The van der Waals surface area contributed by atoms with Crippen LogP contribution in [0, 0.1) is 0 Å². The third-order valence-corrected chi connectivity index (χ3v) is 10.1. The molecule has 0 spiro atoms. The van der Waals surface area contributed by atoms with Crippen LogP contribution in [0.15, 0.2) is 78.9 Å². The number of hydrogen-bond donors (Lipinski definition) is 11. The van der Waals surface area contributed by atoms with Crippen molar-refractivity contribution in [2.24, 2.45) is 0 Å². The minimum Gasteiger partial charge on any atom is -0.508 e. The lowest BCUT2D eigenvalue weighted by atomic mass is 9.82. The standard InChI is InChI=1S/C40H42O16/c41-16-28-32(46)34(48)36(50)39(55-28)52-25-12-21(13-26(15-25)53-40-37(51)35(49)33(47)29(17-42)56-40)31-30-20(4-1-18-2-7-22(43)8-3-18)11-24(45)14-27(30)54-38(31)19-5-9-23(44)10-6-19/h1-15,28-29,31-51H,16-17H2/t28-,29-,31-,32-,33-,34+,35+,36-,37-,38+,39-,40-/m1/s1. The number of hydrogen-bond acceptors (Lipinski definition) is 16. The summed E-state index contributed by atoms with van der Waals surface area (Å²) in [6.45, 7) is -1.43. The number of aliphatic hydroxyl groups is 8. The van der Waals surface area contributed by atoms with E-state index < -0.39 is 86.6 Å². The van der Waals surface area contributed by atoms with Crippen molar-refractivity contribution in [1.82, 2.24) is 0 Å². The third kappa shape index (κ3) is 7.85. The van der Waals surface area contributed by atoms with Crippen LogP contribution in [0.4, 0.5) is 0 Å². The van der Waals surface area contributed by atoms with Crippen LogP contribution in [0.5, 0.6) is 34.5 Å². The van der Waals surface area contributed by atoms with Crippen molar-refractivity contribution in [2.75, 3.05) is 13.2 Å². The minimum atomic E-state index is -1.79. The fourth-order valence-electron chi connectivity index (χ4n) is 7.10. The number of aromatic hydroxyl groups is 3. The molecular formula is C40H42O16. The molecule has 0 radical (unpaired) electrons. The number of benzene rings is 4. The van der Waals surface area contributed by atoms with Gasteiger partial charge in [-0.3, -0.25) is 0 Å². The predicted octanol–water partition coefficient (Wildman–Crippen LogP) is 0.597. The molecule has 2 fully saturated rings. The molecule has 2 saturated heterocycles. The van der Waals surface area contributed by atoms with E-state index in [9.17, 15) is 56.2 Å². The molecule has 12 atom stereocenters. The summed E-state index contributed by atoms with van der Waals surface area (Å²) in [4.78, 5) is 0. The molecule has 16 heteroatoms. The predicted molar refractivity (Wildman–Crippen MR) is 194 cm³/mol. The Morgan fingerprint density at radius 3 is 1.57 bits per heavy atom. The number of aliphatic hydroxyl groups excluding tert-OH is 8. The monoisotopic (exact) mass is 778 g/mol. The summed E-state index contributed by atoms with van der Waals surface area (Å²) in [6.07, 6.45) is -13.6. The average molecular weight is 779 g/mol. The molecule has 0 aliphatic carbocycles. The average Bonchev–Trinajstić information content (AvgIpc) is 3.57. The fraction of sp³-hybridized carbons (Fsp3) is 0.350. The first-order valence-corrected chi connectivity index (χ1v) is 17.7. The molecule has 16 nitrogen and oxygen atoms in total. The van der Waals surface area contributed by atoms with E-state index in [4.69, 9.17) is 23.7 Å². The summed E-state index contributed by atoms with van der Waals surface area (Å²) in [7, 11) is 0. The molecular weight excluding hydrogens is 736 g/mol. The summed E-state index contributed by atoms with van der Waals surface area (Å²) in [5.74, 6) is -0.585. The molecule has 4 aromatic rings. The first-order chi connectivity index (χ1) is 26.8. The molecule has 0 bridgehead atoms. The third-order valence-electron chi connectivity index (χ3n) is 10.1. The van der Waals surface area contributed by atoms with Gasteiger partial charge in [-0.05, 0) is 64.7 Å². The van der Waals surface area contributed by atoms with Crippen LogP contribution in [0.2, 0.25) is 0 Å². The van der Waals surface area contributed by atoms with Gasteiger partial charge in [0.1, 0.15) is 89.4 Å². The number of ether oxygens (including phenoxy) is 5. The van der Waals surface area contributed by atoms with Gasteiger partial charge in [0, 0.05) is 17.7 Å². The van der Waals surface area contributed by atoms with Crippen molar-refractivity contribution in [3.63, 3.8) is 0 Å². The highest BCUT2D eigenvalue weighted by atomic mass is 16.7. The molecule has 11 N–H and O–H groups in total. The van der Waals surface area contributed by atoms with Crippen molar-refractivity contribution in [2.45, 2.75) is 73.4 Å². The zero-order valence-electron chi connectivity index (χ0n) is 29.5. The summed E-state index contributed by atoms with van der Waals surface area (Å²) in [5, 5.41) is 114. The van der Waals surface area contributed by atoms with Crippen LogP contribution >= 0.6 is 0 Å². The van der Waals surface area contributed by atoms with Crippen molar-refractivity contribution in [3.05, 3.63) is 107 Å². The Labute approximate surface area is 319 Å². The molecule has 0 aromatic heterocycles. The normalized spacial score (nSPS) is 31.5. The Hall–Kier alpha value is -4.98. The van der Waals surface area contributed by atoms with E-state index in [1.807, 2.05) is 0 Å². The maximum absolute atomic E-state index is 10.8. The molecule has 0 unspecified atom stereocenters. The van der Waals surface area contributed by atoms with Gasteiger partial charge >= 0.3 is 0 Å². The van der Waals surface area contributed by atoms with Crippen LogP contribution in [0.1, 0.15) is 39.8 Å². The Kier molecular flexibility index (Phi) is 11.4. The van der Waals surface area contributed by atoms with Crippen molar-refractivity contribution in [1.29, 1.82) is 0 Å². The van der Waals surface area contributed by atoms with E-state index in [1.165, 1.54) is 42.5 Å². The summed E-state index contributed by atoms with van der Waals surface area (Å²) in [5.41, 5.74) is 2.85. The minimum absolute atomic E-state index is 0.00103. The molecule has 3 aliphatic heterocycles. The lowest BCUT2D eigenvalue weighted by Gasteiger charge is -2.40. The molecule has 298 valence electrons. The van der Waals surface area contributed by atoms with Crippen molar-refractivity contribution >= 4 is 12.2 Å². The van der Waals surface area contributed by atoms with Gasteiger partial charge < -0.3 is 79.9 Å². The van der Waals surface area contributed by atoms with E-state index in [0.717, 1.165) is 5.56 Å². The van der Waals surface area contributed by atoms with Gasteiger partial charge in [-0.1, -0.05) is 36.4 Å². The van der Waals surface area contributed by atoms with Crippen LogP contribution in [-0.4, -0.2) is 131 Å². The van der Waals surface area contributed by atoms with Gasteiger partial charge in [-0.15, -0.1) is 0 Å². The highest BCUT2D eigenvalue weighted by molar-refractivity contribution is 5.75. The Balaban J connectivity index is 1.36. The molecule has 0 saturated carbocycles. The van der Waals surface area contributed by atoms with Crippen LogP contribution in [0.25, 0.3) is 12.2 Å². The number of phenols is 3. The maximum Gasteiger partial charge on any atom is 0.229 e. The summed E-state index contributed by atoms with van der Waals surface area (Å²) >= 11 is 0. The number of rotatable bonds is 10. The molecule has 56 heavy (non-hydrogen) atoms. The Bertz CT molecular complexity index is 1940. The smallest absolute Gasteiger partial charge is 0.229 e. The van der Waals surface area contributed by atoms with Crippen LogP contribution < -0.4 is 14.2 Å². The van der Waals surface area contributed by atoms with Gasteiger partial charge in [0.25, 0.3) is 0 Å². The molecule has 0 amide bonds. The number of fused-ring (bicyclic) bond motifs is 1. The molecule has 4 aromatic carbocycles. The quantitative estimate of drug-likeness (QED) is 0.0985. The van der Waals surface area contributed by atoms with E-state index in [2.05, 4.69) is 0 Å². The van der Waals surface area contributed by atoms with E-state index in [0.29, 0.717) is 28.0 Å². The van der Waals surface area contributed by atoms with Gasteiger partial charge in [0.05, 0.1) is 19.1 Å². The van der Waals surface area contributed by atoms with E-state index >= 15 is 0 Å². The highest BCUT2D eigenvalue weighted by Crippen LogP contribution is 2.53. The largest absolute Gasteiger partial charge is 0.508 e. The molecule has 3 heterocycles. The Morgan fingerprint density at radius 1 is 0.536 bits per heavy atom. The lowest BCUT2D eigenvalue weighted by Crippen LogP contribution is -2.60. The number of phenolic OH excluding ortho intramolecular Hbond substituents is 3. The highest BCUT2D eigenvalue weighted by Gasteiger charge is 2.47. The topological polar surface area (TPSA) is 269 Å². The first kappa shape index (κ1) is 39.3. The van der Waals surface area contributed by atoms with Crippen LogP contribution in [-0.2, 0) is 9.47 Å². The molecule has 7 rings (SSSR count). The van der Waals surface area contributed by atoms with E-state index in [-0.39, 0.29) is 28.7 Å². The maximum atomic E-state index is 10.8. The van der Waals surface area contributed by atoms with Crippen LogP contribution in [0.3, 0.4) is 0 Å². The Morgan fingerprint density at radius 2 is 1.05 bits per heavy atom. The van der Waals surface area contributed by atoms with Crippen molar-refractivity contribution < 1.29 is 79.9 Å².